The third kappa shape index (κ3) is 4.43. The van der Waals surface area contributed by atoms with E-state index < -0.39 is 0 Å². The molecule has 1 aromatic heterocycles. The number of aromatic nitrogens is 2. The number of aryl methyl sites for hydroxylation is 1. The molecule has 6 nitrogen and oxygen atoms in total. The predicted molar refractivity (Wildman–Crippen MR) is 109 cm³/mol. The second-order valence-electron chi connectivity index (χ2n) is 7.52. The molecular formula is C21H31N5O. The Labute approximate surface area is 162 Å². The van der Waals surface area contributed by atoms with Crippen LogP contribution in [0.25, 0.3) is 0 Å². The number of hydrogen-bond acceptors (Lipinski definition) is 3. The molecule has 146 valence electrons. The van der Waals surface area contributed by atoms with Gasteiger partial charge in [0.2, 0.25) is 0 Å². The topological polar surface area (TPSA) is 54.7 Å². The molecule has 0 saturated carbocycles. The van der Waals surface area contributed by atoms with Crippen molar-refractivity contribution in [2.75, 3.05) is 27.2 Å². The number of fused-ring (bicyclic) bond motifs is 1. The SMILES string of the molecule is CN=C(NCC1CCOc2ccccc21)N(C)Cc1cn(C)nc1C(C)C. The van der Waals surface area contributed by atoms with Gasteiger partial charge in [0, 0.05) is 51.9 Å². The molecule has 1 aromatic carbocycles. The van der Waals surface area contributed by atoms with Gasteiger partial charge in [0.1, 0.15) is 5.75 Å². The third-order valence-corrected chi connectivity index (χ3v) is 5.05. The molecule has 1 unspecified atom stereocenters. The highest BCUT2D eigenvalue weighted by molar-refractivity contribution is 5.79. The molecule has 2 aromatic rings. The lowest BCUT2D eigenvalue weighted by Crippen LogP contribution is -2.41. The number of nitrogens with one attached hydrogen (secondary N) is 1. The Morgan fingerprint density at radius 2 is 2.19 bits per heavy atom. The Kier molecular flexibility index (Phi) is 6.04. The quantitative estimate of drug-likeness (QED) is 0.650. The van der Waals surface area contributed by atoms with Crippen LogP contribution < -0.4 is 10.1 Å². The van der Waals surface area contributed by atoms with E-state index >= 15 is 0 Å². The van der Waals surface area contributed by atoms with Gasteiger partial charge in [-0.05, 0) is 24.0 Å². The summed E-state index contributed by atoms with van der Waals surface area (Å²) in [5.41, 5.74) is 3.68. The van der Waals surface area contributed by atoms with Crippen molar-refractivity contribution in [1.82, 2.24) is 20.0 Å². The molecule has 6 heteroatoms. The molecule has 0 fully saturated rings. The van der Waals surface area contributed by atoms with Crippen molar-refractivity contribution >= 4 is 5.96 Å². The lowest BCUT2D eigenvalue weighted by molar-refractivity contribution is 0.266. The van der Waals surface area contributed by atoms with Crippen LogP contribution in [0.2, 0.25) is 0 Å². The van der Waals surface area contributed by atoms with E-state index in [0.29, 0.717) is 11.8 Å². The van der Waals surface area contributed by atoms with E-state index in [1.807, 2.05) is 24.8 Å². The predicted octanol–water partition coefficient (Wildman–Crippen LogP) is 3.12. The van der Waals surface area contributed by atoms with Gasteiger partial charge in [0.05, 0.1) is 12.3 Å². The summed E-state index contributed by atoms with van der Waals surface area (Å²) < 4.78 is 7.67. The molecule has 0 spiro atoms. The number of guanidine groups is 1. The summed E-state index contributed by atoms with van der Waals surface area (Å²) in [5, 5.41) is 8.16. The highest BCUT2D eigenvalue weighted by Gasteiger charge is 2.22. The summed E-state index contributed by atoms with van der Waals surface area (Å²) in [6.07, 6.45) is 3.12. The summed E-state index contributed by atoms with van der Waals surface area (Å²) in [6.45, 7) is 6.76. The zero-order chi connectivity index (χ0) is 19.4. The van der Waals surface area contributed by atoms with Gasteiger partial charge >= 0.3 is 0 Å². The fourth-order valence-corrected chi connectivity index (χ4v) is 3.72. The van der Waals surface area contributed by atoms with Crippen molar-refractivity contribution < 1.29 is 4.74 Å². The summed E-state index contributed by atoms with van der Waals surface area (Å²) in [5.74, 6) is 2.75. The van der Waals surface area contributed by atoms with Crippen molar-refractivity contribution in [1.29, 1.82) is 0 Å². The zero-order valence-corrected chi connectivity index (χ0v) is 17.1. The first-order valence-electron chi connectivity index (χ1n) is 9.65. The number of aliphatic imine (C=N–C) groups is 1. The molecule has 2 heterocycles. The van der Waals surface area contributed by atoms with Gasteiger partial charge in [-0.1, -0.05) is 32.0 Å². The number of rotatable bonds is 5. The minimum atomic E-state index is 0.406. The Morgan fingerprint density at radius 1 is 1.41 bits per heavy atom. The maximum atomic E-state index is 5.77. The van der Waals surface area contributed by atoms with Crippen LogP contribution in [-0.2, 0) is 13.6 Å². The molecule has 0 radical (unpaired) electrons. The van der Waals surface area contributed by atoms with Crippen LogP contribution in [0.5, 0.6) is 5.75 Å². The molecule has 0 aliphatic carbocycles. The molecule has 3 rings (SSSR count). The van der Waals surface area contributed by atoms with Crippen LogP contribution in [0.3, 0.4) is 0 Å². The van der Waals surface area contributed by atoms with Gasteiger partial charge in [-0.3, -0.25) is 9.67 Å². The van der Waals surface area contributed by atoms with E-state index in [1.54, 1.807) is 0 Å². The highest BCUT2D eigenvalue weighted by Crippen LogP contribution is 2.32. The lowest BCUT2D eigenvalue weighted by Gasteiger charge is -2.28. The molecule has 1 aliphatic rings. The van der Waals surface area contributed by atoms with Gasteiger partial charge in [0.25, 0.3) is 0 Å². The maximum Gasteiger partial charge on any atom is 0.193 e. The standard InChI is InChI=1S/C21H31N5O/c1-15(2)20-17(14-26(5)24-20)13-25(4)21(22-3)23-12-16-10-11-27-19-9-7-6-8-18(16)19/h6-9,14-16H,10-13H2,1-5H3,(H,22,23). The summed E-state index contributed by atoms with van der Waals surface area (Å²) >= 11 is 0. The van der Waals surface area contributed by atoms with Crippen molar-refractivity contribution in [3.05, 3.63) is 47.3 Å². The van der Waals surface area contributed by atoms with E-state index in [9.17, 15) is 0 Å². The molecular weight excluding hydrogens is 338 g/mol. The molecule has 1 aliphatic heterocycles. The Morgan fingerprint density at radius 3 is 2.93 bits per heavy atom. The van der Waals surface area contributed by atoms with Crippen molar-refractivity contribution in [3.63, 3.8) is 0 Å². The molecule has 1 N–H and O–H groups in total. The Balaban J connectivity index is 1.65. The Bertz CT molecular complexity index is 796. The first-order chi connectivity index (χ1) is 13.0. The minimum absolute atomic E-state index is 0.406. The Hall–Kier alpha value is -2.50. The fourth-order valence-electron chi connectivity index (χ4n) is 3.72. The van der Waals surface area contributed by atoms with Crippen LogP contribution in [0, 0.1) is 0 Å². The largest absolute Gasteiger partial charge is 0.493 e. The van der Waals surface area contributed by atoms with E-state index in [1.165, 1.54) is 11.1 Å². The maximum absolute atomic E-state index is 5.77. The van der Waals surface area contributed by atoms with Crippen LogP contribution in [0.4, 0.5) is 0 Å². The van der Waals surface area contributed by atoms with Crippen LogP contribution >= 0.6 is 0 Å². The van der Waals surface area contributed by atoms with Gasteiger partial charge in [-0.2, -0.15) is 5.10 Å². The van der Waals surface area contributed by atoms with E-state index in [-0.39, 0.29) is 0 Å². The zero-order valence-electron chi connectivity index (χ0n) is 17.1. The molecule has 27 heavy (non-hydrogen) atoms. The van der Waals surface area contributed by atoms with Crippen molar-refractivity contribution in [2.45, 2.75) is 38.6 Å². The first-order valence-corrected chi connectivity index (χ1v) is 9.65. The average molecular weight is 370 g/mol. The smallest absolute Gasteiger partial charge is 0.193 e. The third-order valence-electron chi connectivity index (χ3n) is 5.05. The van der Waals surface area contributed by atoms with Gasteiger partial charge in [-0.25, -0.2) is 0 Å². The second kappa shape index (κ2) is 8.46. The highest BCUT2D eigenvalue weighted by atomic mass is 16.5. The van der Waals surface area contributed by atoms with Crippen LogP contribution in [0.15, 0.2) is 35.5 Å². The summed E-state index contributed by atoms with van der Waals surface area (Å²) in [7, 11) is 5.89. The van der Waals surface area contributed by atoms with Crippen molar-refractivity contribution in [2.24, 2.45) is 12.0 Å². The molecule has 0 saturated heterocycles. The number of benzene rings is 1. The van der Waals surface area contributed by atoms with Gasteiger partial charge in [0.15, 0.2) is 5.96 Å². The van der Waals surface area contributed by atoms with Gasteiger partial charge in [-0.15, -0.1) is 0 Å². The summed E-state index contributed by atoms with van der Waals surface area (Å²) in [4.78, 5) is 6.64. The van der Waals surface area contributed by atoms with Crippen LogP contribution in [-0.4, -0.2) is 47.9 Å². The van der Waals surface area contributed by atoms with Gasteiger partial charge < -0.3 is 15.0 Å². The fraction of sp³-hybridized carbons (Fsp3) is 0.524. The number of ether oxygens (including phenoxy) is 1. The molecule has 1 atom stereocenters. The van der Waals surface area contributed by atoms with Crippen molar-refractivity contribution in [3.8, 4) is 5.75 Å². The monoisotopic (exact) mass is 369 g/mol. The number of nitrogens with zero attached hydrogens (tertiary/aromatic N) is 4. The van der Waals surface area contributed by atoms with Crippen LogP contribution in [0.1, 0.15) is 48.9 Å². The average Bonchev–Trinajstić information content (AvgIpc) is 3.02. The number of hydrogen-bond donors (Lipinski definition) is 1. The molecule has 0 bridgehead atoms. The second-order valence-corrected chi connectivity index (χ2v) is 7.52. The minimum Gasteiger partial charge on any atom is -0.493 e. The first kappa shape index (κ1) is 19.3. The summed E-state index contributed by atoms with van der Waals surface area (Å²) in [6, 6.07) is 8.33. The van der Waals surface area contributed by atoms with E-state index in [2.05, 4.69) is 65.6 Å². The van der Waals surface area contributed by atoms with E-state index in [4.69, 9.17) is 4.74 Å². The number of para-hydroxylation sites is 1. The lowest BCUT2D eigenvalue weighted by atomic mass is 9.93. The molecule has 0 amide bonds. The normalized spacial score (nSPS) is 16.8. The van der Waals surface area contributed by atoms with E-state index in [0.717, 1.165) is 43.5 Å².